The molecule has 0 aliphatic carbocycles. The van der Waals surface area contributed by atoms with Gasteiger partial charge in [-0.2, -0.15) is 0 Å². The summed E-state index contributed by atoms with van der Waals surface area (Å²) in [5, 5.41) is 3.11. The van der Waals surface area contributed by atoms with E-state index in [0.717, 1.165) is 11.3 Å². The molecule has 38 heavy (non-hydrogen) atoms. The third-order valence-corrected chi connectivity index (χ3v) is 7.17. The van der Waals surface area contributed by atoms with Gasteiger partial charge in [-0.3, -0.25) is 4.79 Å². The van der Waals surface area contributed by atoms with Crippen LogP contribution in [0.25, 0.3) is 0 Å². The van der Waals surface area contributed by atoms with Crippen molar-refractivity contribution in [2.75, 3.05) is 46.4 Å². The van der Waals surface area contributed by atoms with E-state index >= 15 is 0 Å². The molecule has 0 spiro atoms. The first-order valence-electron chi connectivity index (χ1n) is 12.4. The van der Waals surface area contributed by atoms with E-state index in [2.05, 4.69) is 9.88 Å². The highest BCUT2D eigenvalue weighted by molar-refractivity contribution is 5.97. The Morgan fingerprint density at radius 3 is 2.42 bits per heavy atom. The van der Waals surface area contributed by atoms with Crippen LogP contribution in [0.5, 0.6) is 23.0 Å². The minimum absolute atomic E-state index is 0.0663. The number of nitrogens with zero attached hydrogens (tertiary/aromatic N) is 3. The molecule has 3 heterocycles. The predicted molar refractivity (Wildman–Crippen MR) is 141 cm³/mol. The zero-order valence-electron chi connectivity index (χ0n) is 22.0. The fraction of sp³-hybridized carbons (Fsp3) is 0.357. The van der Waals surface area contributed by atoms with Crippen LogP contribution < -0.4 is 29.2 Å². The Kier molecular flexibility index (Phi) is 7.04. The second kappa shape index (κ2) is 10.6. The van der Waals surface area contributed by atoms with E-state index in [-0.39, 0.29) is 30.4 Å². The number of amides is 3. The standard InChI is InChI=1S/C28H32N4O6/c1-35-20-8-9-21(24(16-20)37-3)27-22-6-5-11-30(22)12-13-31(27)28(34)29-18-14-26(33)32(17-18)19-7-10-23(36-2)25(15-19)38-4/h5-11,15-16,18,27H,12-14,17H2,1-4H3,(H,29,34). The van der Waals surface area contributed by atoms with Crippen LogP contribution in [0.15, 0.2) is 54.7 Å². The molecular weight excluding hydrogens is 488 g/mol. The minimum Gasteiger partial charge on any atom is -0.497 e. The lowest BCUT2D eigenvalue weighted by Gasteiger charge is -2.38. The van der Waals surface area contributed by atoms with Crippen LogP contribution in [-0.2, 0) is 11.3 Å². The summed E-state index contributed by atoms with van der Waals surface area (Å²) in [7, 11) is 6.34. The predicted octanol–water partition coefficient (Wildman–Crippen LogP) is 3.44. The fourth-order valence-corrected chi connectivity index (χ4v) is 5.28. The highest BCUT2D eigenvalue weighted by atomic mass is 16.5. The van der Waals surface area contributed by atoms with Crippen molar-refractivity contribution < 1.29 is 28.5 Å². The Morgan fingerprint density at radius 1 is 0.895 bits per heavy atom. The van der Waals surface area contributed by atoms with E-state index in [1.807, 2.05) is 47.5 Å². The molecular formula is C28H32N4O6. The van der Waals surface area contributed by atoms with Crippen LogP contribution in [0.1, 0.15) is 23.7 Å². The van der Waals surface area contributed by atoms with Gasteiger partial charge < -0.3 is 38.6 Å². The molecule has 1 saturated heterocycles. The molecule has 200 valence electrons. The highest BCUT2D eigenvalue weighted by Crippen LogP contribution is 2.39. The number of aromatic nitrogens is 1. The largest absolute Gasteiger partial charge is 0.497 e. The molecule has 1 fully saturated rings. The normalized spacial score (nSPS) is 18.7. The van der Waals surface area contributed by atoms with Gasteiger partial charge in [0.1, 0.15) is 17.5 Å². The van der Waals surface area contributed by atoms with Crippen molar-refractivity contribution in [2.24, 2.45) is 0 Å². The van der Waals surface area contributed by atoms with Crippen molar-refractivity contribution >= 4 is 17.6 Å². The fourth-order valence-electron chi connectivity index (χ4n) is 5.28. The van der Waals surface area contributed by atoms with Crippen molar-refractivity contribution in [1.29, 1.82) is 0 Å². The number of hydrogen-bond donors (Lipinski definition) is 1. The van der Waals surface area contributed by atoms with Crippen molar-refractivity contribution in [2.45, 2.75) is 25.0 Å². The molecule has 10 nitrogen and oxygen atoms in total. The lowest BCUT2D eigenvalue weighted by atomic mass is 9.99. The maximum absolute atomic E-state index is 13.7. The van der Waals surface area contributed by atoms with Gasteiger partial charge in [-0.25, -0.2) is 4.79 Å². The number of carbonyl (C=O) groups is 2. The Labute approximate surface area is 221 Å². The summed E-state index contributed by atoms with van der Waals surface area (Å²) < 4.78 is 23.9. The molecule has 0 radical (unpaired) electrons. The number of benzene rings is 2. The number of urea groups is 1. The van der Waals surface area contributed by atoms with Crippen LogP contribution in [0.4, 0.5) is 10.5 Å². The molecule has 3 aromatic rings. The van der Waals surface area contributed by atoms with E-state index in [1.165, 1.54) is 0 Å². The van der Waals surface area contributed by atoms with Gasteiger partial charge in [0.05, 0.1) is 34.5 Å². The molecule has 0 bridgehead atoms. The second-order valence-corrected chi connectivity index (χ2v) is 9.22. The van der Waals surface area contributed by atoms with Gasteiger partial charge in [-0.05, 0) is 36.4 Å². The van der Waals surface area contributed by atoms with Crippen LogP contribution in [-0.4, -0.2) is 69.0 Å². The number of methoxy groups -OCH3 is 4. The molecule has 2 unspecified atom stereocenters. The lowest BCUT2D eigenvalue weighted by molar-refractivity contribution is -0.117. The van der Waals surface area contributed by atoms with E-state index in [1.54, 1.807) is 45.5 Å². The number of anilines is 1. The van der Waals surface area contributed by atoms with E-state index in [0.29, 0.717) is 48.3 Å². The molecule has 2 atom stereocenters. The molecule has 10 heteroatoms. The average Bonchev–Trinajstić information content (AvgIpc) is 3.57. The maximum atomic E-state index is 13.7. The number of carbonyl (C=O) groups excluding carboxylic acids is 2. The zero-order chi connectivity index (χ0) is 26.8. The minimum atomic E-state index is -0.362. The molecule has 2 aliphatic heterocycles. The molecule has 0 saturated carbocycles. The molecule has 3 amide bonds. The number of rotatable bonds is 7. The van der Waals surface area contributed by atoms with Crippen LogP contribution >= 0.6 is 0 Å². The zero-order valence-corrected chi connectivity index (χ0v) is 22.0. The Balaban J connectivity index is 1.37. The molecule has 5 rings (SSSR count). The molecule has 1 aromatic heterocycles. The average molecular weight is 521 g/mol. The van der Waals surface area contributed by atoms with Crippen LogP contribution in [0, 0.1) is 0 Å². The SMILES string of the molecule is COc1ccc(C2c3cccn3CCN2C(=O)NC2CC(=O)N(c3ccc(OC)c(OC)c3)C2)c(OC)c1. The number of nitrogens with one attached hydrogen (secondary N) is 1. The van der Waals surface area contributed by atoms with E-state index in [4.69, 9.17) is 18.9 Å². The second-order valence-electron chi connectivity index (χ2n) is 9.22. The van der Waals surface area contributed by atoms with Gasteiger partial charge in [-0.1, -0.05) is 0 Å². The monoisotopic (exact) mass is 520 g/mol. The van der Waals surface area contributed by atoms with Gasteiger partial charge >= 0.3 is 6.03 Å². The topological polar surface area (TPSA) is 94.5 Å². The Bertz CT molecular complexity index is 1340. The van der Waals surface area contributed by atoms with E-state index < -0.39 is 0 Å². The van der Waals surface area contributed by atoms with Crippen molar-refractivity contribution in [3.63, 3.8) is 0 Å². The summed E-state index contributed by atoms with van der Waals surface area (Å²) in [5.74, 6) is 2.37. The van der Waals surface area contributed by atoms with E-state index in [9.17, 15) is 9.59 Å². The first-order valence-corrected chi connectivity index (χ1v) is 12.4. The molecule has 2 aliphatic rings. The van der Waals surface area contributed by atoms with Crippen molar-refractivity contribution in [1.82, 2.24) is 14.8 Å². The maximum Gasteiger partial charge on any atom is 0.318 e. The Hall–Kier alpha value is -4.34. The number of fused-ring (bicyclic) bond motifs is 1. The van der Waals surface area contributed by atoms with Crippen LogP contribution in [0.2, 0.25) is 0 Å². The summed E-state index contributed by atoms with van der Waals surface area (Å²) in [6.07, 6.45) is 2.23. The smallest absolute Gasteiger partial charge is 0.318 e. The summed E-state index contributed by atoms with van der Waals surface area (Å²) in [6, 6.07) is 14.0. The van der Waals surface area contributed by atoms with Gasteiger partial charge in [0.2, 0.25) is 5.91 Å². The number of ether oxygens (including phenoxy) is 4. The third kappa shape index (κ3) is 4.57. The van der Waals surface area contributed by atoms with Gasteiger partial charge in [0.25, 0.3) is 0 Å². The van der Waals surface area contributed by atoms with Gasteiger partial charge in [0, 0.05) is 61.3 Å². The quantitative estimate of drug-likeness (QED) is 0.513. The van der Waals surface area contributed by atoms with Crippen molar-refractivity contribution in [3.05, 3.63) is 66.0 Å². The summed E-state index contributed by atoms with van der Waals surface area (Å²) in [6.45, 7) is 1.54. The van der Waals surface area contributed by atoms with Gasteiger partial charge in [0.15, 0.2) is 11.5 Å². The molecule has 1 N–H and O–H groups in total. The lowest BCUT2D eigenvalue weighted by Crippen LogP contribution is -2.50. The first kappa shape index (κ1) is 25.3. The summed E-state index contributed by atoms with van der Waals surface area (Å²) in [4.78, 5) is 30.1. The van der Waals surface area contributed by atoms with Crippen LogP contribution in [0.3, 0.4) is 0 Å². The van der Waals surface area contributed by atoms with Gasteiger partial charge in [-0.15, -0.1) is 0 Å². The van der Waals surface area contributed by atoms with Crippen molar-refractivity contribution in [3.8, 4) is 23.0 Å². The molecule has 2 aromatic carbocycles. The summed E-state index contributed by atoms with van der Waals surface area (Å²) >= 11 is 0. The number of hydrogen-bond acceptors (Lipinski definition) is 6. The Morgan fingerprint density at radius 2 is 1.68 bits per heavy atom. The third-order valence-electron chi connectivity index (χ3n) is 7.17. The first-order chi connectivity index (χ1) is 18.5. The summed E-state index contributed by atoms with van der Waals surface area (Å²) in [5.41, 5.74) is 2.54. The highest BCUT2D eigenvalue weighted by Gasteiger charge is 2.37.